The van der Waals surface area contributed by atoms with Crippen molar-refractivity contribution in [2.24, 2.45) is 0 Å². The lowest BCUT2D eigenvalue weighted by molar-refractivity contribution is -0.152. The van der Waals surface area contributed by atoms with Crippen LogP contribution in [0.4, 0.5) is 0 Å². The van der Waals surface area contributed by atoms with Crippen LogP contribution in [0.2, 0.25) is 0 Å². The Morgan fingerprint density at radius 1 is 0.909 bits per heavy atom. The monoisotopic (exact) mass is 473 g/mol. The Balaban J connectivity index is 2.55. The lowest BCUT2D eigenvalue weighted by Gasteiger charge is -2.45. The highest BCUT2D eigenvalue weighted by Crippen LogP contribution is 2.36. The van der Waals surface area contributed by atoms with Gasteiger partial charge in [-0.3, -0.25) is 38.7 Å². The molecule has 0 aromatic heterocycles. The standard InChI is InChI=1S/C20H31N3O10/c24-13-31-6-5-20(23(8-19(29)30)12-33-15-26)9-21(7-18(27)28)16-3-1-2-4-17(16)22(10-20)11-32-14-25/h13-17H,1-12H2,(H,27,28)(H,29,30)/t16-,17-,20?/m0/s1. The first kappa shape index (κ1) is 26.5. The van der Waals surface area contributed by atoms with E-state index >= 15 is 0 Å². The van der Waals surface area contributed by atoms with Crippen LogP contribution in [0.3, 0.4) is 0 Å². The summed E-state index contributed by atoms with van der Waals surface area (Å²) in [5.41, 5.74) is -1.09. The number of ether oxygens (including phenoxy) is 3. The van der Waals surface area contributed by atoms with Gasteiger partial charge in [0, 0.05) is 31.6 Å². The Labute approximate surface area is 191 Å². The molecular weight excluding hydrogens is 442 g/mol. The number of aliphatic carboxylic acids is 2. The summed E-state index contributed by atoms with van der Waals surface area (Å²) >= 11 is 0. The number of hydrogen-bond donors (Lipinski definition) is 2. The first-order valence-electron chi connectivity index (χ1n) is 10.7. The van der Waals surface area contributed by atoms with Crippen molar-refractivity contribution >= 4 is 31.4 Å². The van der Waals surface area contributed by atoms with Gasteiger partial charge in [0.25, 0.3) is 19.4 Å². The molecule has 33 heavy (non-hydrogen) atoms. The quantitative estimate of drug-likeness (QED) is 0.128. The van der Waals surface area contributed by atoms with E-state index in [-0.39, 0.29) is 71.2 Å². The van der Waals surface area contributed by atoms with Gasteiger partial charge in [0.05, 0.1) is 25.2 Å². The van der Waals surface area contributed by atoms with Crippen molar-refractivity contribution in [2.75, 3.05) is 46.2 Å². The molecule has 1 saturated carbocycles. The maximum absolute atomic E-state index is 11.7. The molecule has 1 aliphatic carbocycles. The van der Waals surface area contributed by atoms with Gasteiger partial charge < -0.3 is 24.4 Å². The zero-order valence-corrected chi connectivity index (χ0v) is 18.4. The fourth-order valence-corrected chi connectivity index (χ4v) is 5.05. The van der Waals surface area contributed by atoms with Crippen LogP contribution in [-0.2, 0) is 38.2 Å². The summed E-state index contributed by atoms with van der Waals surface area (Å²) in [4.78, 5) is 61.2. The van der Waals surface area contributed by atoms with Gasteiger partial charge in [0.2, 0.25) is 0 Å². The summed E-state index contributed by atoms with van der Waals surface area (Å²) in [6, 6.07) is -0.303. The summed E-state index contributed by atoms with van der Waals surface area (Å²) in [6.45, 7) is -0.209. The molecule has 1 unspecified atom stereocenters. The normalized spacial score (nSPS) is 26.0. The first-order valence-corrected chi connectivity index (χ1v) is 10.7. The number of hydrogen-bond acceptors (Lipinski definition) is 11. The van der Waals surface area contributed by atoms with Crippen LogP contribution in [0.5, 0.6) is 0 Å². The van der Waals surface area contributed by atoms with Crippen LogP contribution in [0, 0.1) is 0 Å². The summed E-state index contributed by atoms with van der Waals surface area (Å²) in [7, 11) is 0. The SMILES string of the molecule is O=COCCC1(N(COC=O)CC(=O)O)CN(COC=O)[C@H]2CCCC[C@@H]2N(CC(=O)O)C1. The highest BCUT2D eigenvalue weighted by Gasteiger charge is 2.49. The molecule has 2 aliphatic rings. The summed E-state index contributed by atoms with van der Waals surface area (Å²) < 4.78 is 14.9. The van der Waals surface area contributed by atoms with Crippen LogP contribution in [0.1, 0.15) is 32.1 Å². The molecule has 2 fully saturated rings. The number of fused-ring (bicyclic) bond motifs is 1. The molecule has 0 aromatic carbocycles. The fourth-order valence-electron chi connectivity index (χ4n) is 5.05. The third-order valence-corrected chi connectivity index (χ3v) is 6.32. The van der Waals surface area contributed by atoms with E-state index in [1.54, 1.807) is 4.90 Å². The molecule has 13 nitrogen and oxygen atoms in total. The van der Waals surface area contributed by atoms with Crippen LogP contribution in [0.15, 0.2) is 0 Å². The predicted molar refractivity (Wildman–Crippen MR) is 110 cm³/mol. The van der Waals surface area contributed by atoms with E-state index in [1.165, 1.54) is 4.90 Å². The van der Waals surface area contributed by atoms with Crippen molar-refractivity contribution in [3.63, 3.8) is 0 Å². The maximum atomic E-state index is 11.7. The van der Waals surface area contributed by atoms with Crippen LogP contribution < -0.4 is 0 Å². The van der Waals surface area contributed by atoms with E-state index in [2.05, 4.69) is 0 Å². The van der Waals surface area contributed by atoms with E-state index in [4.69, 9.17) is 14.2 Å². The van der Waals surface area contributed by atoms with E-state index in [1.807, 2.05) is 4.90 Å². The molecule has 2 N–H and O–H groups in total. The second-order valence-electron chi connectivity index (χ2n) is 8.28. The second kappa shape index (κ2) is 13.1. The third-order valence-electron chi connectivity index (χ3n) is 6.32. The average Bonchev–Trinajstić information content (AvgIpc) is 2.90. The number of rotatable bonds is 15. The van der Waals surface area contributed by atoms with Crippen LogP contribution in [0.25, 0.3) is 0 Å². The predicted octanol–water partition coefficient (Wildman–Crippen LogP) is -1.05. The number of carbonyl (C=O) groups is 5. The highest BCUT2D eigenvalue weighted by atomic mass is 16.5. The van der Waals surface area contributed by atoms with Crippen LogP contribution in [-0.4, -0.2) is 120 Å². The molecule has 0 radical (unpaired) electrons. The number of carbonyl (C=O) groups excluding carboxylic acids is 3. The van der Waals surface area contributed by atoms with E-state index < -0.39 is 24.0 Å². The average molecular weight is 473 g/mol. The molecule has 186 valence electrons. The largest absolute Gasteiger partial charge is 0.480 e. The molecule has 1 saturated heterocycles. The van der Waals surface area contributed by atoms with Gasteiger partial charge in [-0.1, -0.05) is 12.8 Å². The Hall–Kier alpha value is -2.77. The van der Waals surface area contributed by atoms with E-state index in [9.17, 15) is 34.2 Å². The van der Waals surface area contributed by atoms with Gasteiger partial charge in [0.1, 0.15) is 13.5 Å². The minimum absolute atomic E-state index is 0.0701. The maximum Gasteiger partial charge on any atom is 0.317 e. The molecule has 3 atom stereocenters. The van der Waals surface area contributed by atoms with Crippen LogP contribution >= 0.6 is 0 Å². The molecule has 0 spiro atoms. The van der Waals surface area contributed by atoms with Crippen molar-refractivity contribution in [1.29, 1.82) is 0 Å². The molecular formula is C20H31N3O10. The summed E-state index contributed by atoms with van der Waals surface area (Å²) in [5, 5.41) is 19.1. The lowest BCUT2D eigenvalue weighted by Crippen LogP contribution is -2.62. The van der Waals surface area contributed by atoms with Crippen molar-refractivity contribution in [3.05, 3.63) is 0 Å². The smallest absolute Gasteiger partial charge is 0.317 e. The Morgan fingerprint density at radius 3 is 2.09 bits per heavy atom. The molecule has 2 rings (SSSR count). The Morgan fingerprint density at radius 2 is 1.52 bits per heavy atom. The zero-order chi connectivity index (χ0) is 24.3. The molecule has 0 aromatic rings. The second-order valence-corrected chi connectivity index (χ2v) is 8.28. The van der Waals surface area contributed by atoms with Gasteiger partial charge in [-0.2, -0.15) is 0 Å². The van der Waals surface area contributed by atoms with Crippen molar-refractivity contribution < 1.29 is 48.4 Å². The molecule has 0 amide bonds. The van der Waals surface area contributed by atoms with Crippen molar-refractivity contribution in [1.82, 2.24) is 14.7 Å². The minimum Gasteiger partial charge on any atom is -0.480 e. The summed E-state index contributed by atoms with van der Waals surface area (Å²) in [5.74, 6) is -2.22. The van der Waals surface area contributed by atoms with Crippen molar-refractivity contribution in [3.8, 4) is 0 Å². The Kier molecular flexibility index (Phi) is 10.5. The molecule has 1 aliphatic heterocycles. The van der Waals surface area contributed by atoms with E-state index in [0.717, 1.165) is 25.7 Å². The molecule has 1 heterocycles. The number of nitrogens with zero attached hydrogens (tertiary/aromatic N) is 3. The highest BCUT2D eigenvalue weighted by molar-refractivity contribution is 5.69. The summed E-state index contributed by atoms with van der Waals surface area (Å²) in [6.07, 6.45) is 3.41. The fraction of sp³-hybridized carbons (Fsp3) is 0.750. The third kappa shape index (κ3) is 7.37. The number of carboxylic acids is 2. The topological polar surface area (TPSA) is 163 Å². The first-order chi connectivity index (χ1) is 15.9. The van der Waals surface area contributed by atoms with Gasteiger partial charge in [-0.25, -0.2) is 0 Å². The van der Waals surface area contributed by atoms with Gasteiger partial charge in [0.15, 0.2) is 0 Å². The van der Waals surface area contributed by atoms with Gasteiger partial charge in [-0.15, -0.1) is 0 Å². The molecule has 13 heteroatoms. The van der Waals surface area contributed by atoms with E-state index in [0.29, 0.717) is 6.47 Å². The lowest BCUT2D eigenvalue weighted by atomic mass is 9.88. The van der Waals surface area contributed by atoms with Crippen molar-refractivity contribution in [2.45, 2.75) is 49.7 Å². The molecule has 0 bridgehead atoms. The zero-order valence-electron chi connectivity index (χ0n) is 18.4. The van der Waals surface area contributed by atoms with Gasteiger partial charge in [-0.05, 0) is 12.8 Å². The van der Waals surface area contributed by atoms with Gasteiger partial charge >= 0.3 is 11.9 Å². The Bertz CT molecular complexity index is 693. The number of carboxylic acid groups (broad SMARTS) is 2. The minimum atomic E-state index is -1.18.